The van der Waals surface area contributed by atoms with E-state index >= 15 is 0 Å². The molecule has 1 aromatic heterocycles. The molecule has 0 bridgehead atoms. The van der Waals surface area contributed by atoms with Crippen molar-refractivity contribution in [2.24, 2.45) is 0 Å². The largest absolute Gasteiger partial charge is 0.454 e. The van der Waals surface area contributed by atoms with Gasteiger partial charge in [-0.1, -0.05) is 0 Å². The van der Waals surface area contributed by atoms with E-state index in [0.717, 1.165) is 49.9 Å². The molecule has 0 saturated carbocycles. The van der Waals surface area contributed by atoms with Gasteiger partial charge in [0.25, 0.3) is 10.0 Å². The molecule has 2 aliphatic rings. The number of nitrogens with zero attached hydrogens (tertiary/aromatic N) is 3. The third-order valence-corrected chi connectivity index (χ3v) is 7.56. The van der Waals surface area contributed by atoms with Crippen LogP contribution >= 0.6 is 12.2 Å². The van der Waals surface area contributed by atoms with Crippen molar-refractivity contribution in [2.45, 2.75) is 11.4 Å². The van der Waals surface area contributed by atoms with Crippen molar-refractivity contribution in [3.63, 3.8) is 0 Å². The number of hydrogen-bond donors (Lipinski definition) is 3. The first-order valence-electron chi connectivity index (χ1n) is 11.1. The highest BCUT2D eigenvalue weighted by Crippen LogP contribution is 2.32. The SMILES string of the molecule is O=S(=O)(Nc1ncccn1)c1ccc(NC(=S)N2CC[NH+](Cc3ccc4c(c3)OCO4)CC2)cc1. The number of ether oxygens (including phenoxy) is 2. The minimum absolute atomic E-state index is 0.0238. The Morgan fingerprint density at radius 2 is 1.74 bits per heavy atom. The molecule has 0 aliphatic carbocycles. The lowest BCUT2D eigenvalue weighted by molar-refractivity contribution is -0.917. The van der Waals surface area contributed by atoms with Crippen molar-refractivity contribution in [1.82, 2.24) is 14.9 Å². The quantitative estimate of drug-likeness (QED) is 0.418. The molecule has 5 rings (SSSR count). The molecule has 3 N–H and O–H groups in total. The van der Waals surface area contributed by atoms with Gasteiger partial charge in [-0.3, -0.25) is 0 Å². The average molecular weight is 514 g/mol. The monoisotopic (exact) mass is 513 g/mol. The molecule has 0 unspecified atom stereocenters. The highest BCUT2D eigenvalue weighted by molar-refractivity contribution is 7.92. The van der Waals surface area contributed by atoms with Gasteiger partial charge in [0.05, 0.1) is 31.1 Å². The third kappa shape index (κ3) is 5.61. The molecular weight excluding hydrogens is 488 g/mol. The molecule has 182 valence electrons. The third-order valence-electron chi connectivity index (χ3n) is 5.86. The summed E-state index contributed by atoms with van der Waals surface area (Å²) < 4.78 is 38.3. The maximum Gasteiger partial charge on any atom is 0.264 e. The summed E-state index contributed by atoms with van der Waals surface area (Å²) in [5.74, 6) is 1.64. The average Bonchev–Trinajstić information content (AvgIpc) is 3.33. The number of hydrogen-bond acceptors (Lipinski definition) is 7. The molecule has 0 atom stereocenters. The Morgan fingerprint density at radius 1 is 1.03 bits per heavy atom. The van der Waals surface area contributed by atoms with E-state index in [2.05, 4.69) is 37.0 Å². The molecule has 0 radical (unpaired) electrons. The summed E-state index contributed by atoms with van der Waals surface area (Å²) in [4.78, 5) is 11.5. The zero-order valence-electron chi connectivity index (χ0n) is 18.8. The molecule has 1 fully saturated rings. The van der Waals surface area contributed by atoms with Crippen LogP contribution in [0.15, 0.2) is 65.8 Å². The minimum atomic E-state index is -3.78. The van der Waals surface area contributed by atoms with Gasteiger partial charge in [-0.2, -0.15) is 0 Å². The number of aromatic nitrogens is 2. The molecule has 0 spiro atoms. The molecule has 10 nitrogen and oxygen atoms in total. The van der Waals surface area contributed by atoms with E-state index in [1.807, 2.05) is 6.07 Å². The lowest BCUT2D eigenvalue weighted by atomic mass is 10.1. The number of thiocarbonyl (C=S) groups is 1. The van der Waals surface area contributed by atoms with Crippen LogP contribution in [0.25, 0.3) is 0 Å². The number of rotatable bonds is 6. The minimum Gasteiger partial charge on any atom is -0.454 e. The van der Waals surface area contributed by atoms with Gasteiger partial charge in [0, 0.05) is 23.6 Å². The summed E-state index contributed by atoms with van der Waals surface area (Å²) in [6.45, 7) is 4.79. The second kappa shape index (κ2) is 10.0. The highest BCUT2D eigenvalue weighted by atomic mass is 32.2. The smallest absolute Gasteiger partial charge is 0.264 e. The van der Waals surface area contributed by atoms with Crippen molar-refractivity contribution in [3.8, 4) is 11.5 Å². The van der Waals surface area contributed by atoms with Crippen LogP contribution in [0.5, 0.6) is 11.5 Å². The van der Waals surface area contributed by atoms with Crippen LogP contribution in [0.4, 0.5) is 11.6 Å². The fourth-order valence-electron chi connectivity index (χ4n) is 3.99. The Hall–Kier alpha value is -3.48. The van der Waals surface area contributed by atoms with E-state index in [1.54, 1.807) is 18.2 Å². The van der Waals surface area contributed by atoms with Gasteiger partial charge in [-0.15, -0.1) is 0 Å². The predicted molar refractivity (Wildman–Crippen MR) is 134 cm³/mol. The first-order valence-corrected chi connectivity index (χ1v) is 13.0. The second-order valence-electron chi connectivity index (χ2n) is 8.23. The summed E-state index contributed by atoms with van der Waals surface area (Å²) in [6.07, 6.45) is 2.94. The fourth-order valence-corrected chi connectivity index (χ4v) is 5.25. The molecule has 12 heteroatoms. The van der Waals surface area contributed by atoms with E-state index < -0.39 is 10.0 Å². The first kappa shape index (κ1) is 23.3. The summed E-state index contributed by atoms with van der Waals surface area (Å²) in [5, 5.41) is 3.83. The lowest BCUT2D eigenvalue weighted by Crippen LogP contribution is -3.13. The standard InChI is InChI=1S/C23H24N6O4S2/c30-35(31,27-22-24-8-1-9-25-22)19-5-3-18(4-6-19)26-23(34)29-12-10-28(11-13-29)15-17-2-7-20-21(14-17)33-16-32-20/h1-9,14H,10-13,15-16H2,(H,26,34)(H,24,25,27)/p+1. The summed E-state index contributed by atoms with van der Waals surface area (Å²) in [7, 11) is -3.78. The molecule has 2 aliphatic heterocycles. The van der Waals surface area contributed by atoms with Crippen LogP contribution in [0, 0.1) is 0 Å². The van der Waals surface area contributed by atoms with Gasteiger partial charge in [0.15, 0.2) is 16.6 Å². The molecule has 1 saturated heterocycles. The maximum absolute atomic E-state index is 12.5. The Bertz CT molecular complexity index is 1300. The zero-order valence-corrected chi connectivity index (χ0v) is 20.4. The highest BCUT2D eigenvalue weighted by Gasteiger charge is 2.23. The number of fused-ring (bicyclic) bond motifs is 1. The van der Waals surface area contributed by atoms with Crippen molar-refractivity contribution in [1.29, 1.82) is 0 Å². The molecule has 0 amide bonds. The Morgan fingerprint density at radius 3 is 2.49 bits per heavy atom. The Labute approximate surface area is 208 Å². The number of benzene rings is 2. The van der Waals surface area contributed by atoms with Crippen LogP contribution in [-0.2, 0) is 16.6 Å². The predicted octanol–water partition coefficient (Wildman–Crippen LogP) is 1.10. The Balaban J connectivity index is 1.12. The van der Waals surface area contributed by atoms with Gasteiger partial charge >= 0.3 is 0 Å². The molecule has 35 heavy (non-hydrogen) atoms. The Kier molecular flexibility index (Phi) is 6.66. The van der Waals surface area contributed by atoms with Gasteiger partial charge < -0.3 is 24.6 Å². The lowest BCUT2D eigenvalue weighted by Gasteiger charge is -2.34. The number of nitrogens with one attached hydrogen (secondary N) is 3. The van der Waals surface area contributed by atoms with Crippen molar-refractivity contribution in [3.05, 3.63) is 66.5 Å². The number of sulfonamides is 1. The van der Waals surface area contributed by atoms with Crippen molar-refractivity contribution in [2.75, 3.05) is 43.0 Å². The normalized spacial score (nSPS) is 15.6. The van der Waals surface area contributed by atoms with Gasteiger partial charge in [0.2, 0.25) is 12.7 Å². The summed E-state index contributed by atoms with van der Waals surface area (Å²) in [5.41, 5.74) is 1.95. The van der Waals surface area contributed by atoms with E-state index in [9.17, 15) is 8.42 Å². The van der Waals surface area contributed by atoms with Gasteiger partial charge in [-0.25, -0.2) is 23.1 Å². The van der Waals surface area contributed by atoms with Crippen LogP contribution in [0.1, 0.15) is 5.56 Å². The van der Waals surface area contributed by atoms with Crippen LogP contribution in [0.2, 0.25) is 0 Å². The van der Waals surface area contributed by atoms with E-state index in [-0.39, 0.29) is 17.6 Å². The van der Waals surface area contributed by atoms with Crippen LogP contribution < -0.4 is 24.4 Å². The van der Waals surface area contributed by atoms with E-state index in [4.69, 9.17) is 21.7 Å². The van der Waals surface area contributed by atoms with Gasteiger partial charge in [-0.05, 0) is 60.7 Å². The second-order valence-corrected chi connectivity index (χ2v) is 10.3. The molecule has 3 heterocycles. The van der Waals surface area contributed by atoms with Crippen LogP contribution in [-0.4, -0.2) is 61.4 Å². The molecular formula is C23H25N6O4S2+. The fraction of sp³-hybridized carbons (Fsp3) is 0.261. The molecule has 3 aromatic rings. The molecule has 2 aromatic carbocycles. The van der Waals surface area contributed by atoms with E-state index in [1.165, 1.54) is 35.0 Å². The van der Waals surface area contributed by atoms with E-state index in [0.29, 0.717) is 5.11 Å². The first-order chi connectivity index (χ1) is 17.0. The number of piperazine rings is 1. The van der Waals surface area contributed by atoms with Gasteiger partial charge in [0.1, 0.15) is 6.54 Å². The topological polar surface area (TPSA) is 110 Å². The zero-order chi connectivity index (χ0) is 24.3. The number of anilines is 2. The van der Waals surface area contributed by atoms with Crippen molar-refractivity contribution < 1.29 is 22.8 Å². The van der Waals surface area contributed by atoms with Crippen LogP contribution in [0.3, 0.4) is 0 Å². The summed E-state index contributed by atoms with van der Waals surface area (Å²) in [6, 6.07) is 14.1. The number of quaternary nitrogens is 1. The maximum atomic E-state index is 12.5. The summed E-state index contributed by atoms with van der Waals surface area (Å²) >= 11 is 5.60. The van der Waals surface area contributed by atoms with Crippen molar-refractivity contribution >= 4 is 39.0 Å².